The molecule has 152 valence electrons. The van der Waals surface area contributed by atoms with Crippen molar-refractivity contribution in [2.45, 2.75) is 55.6 Å². The standard InChI is InChI=1S/C10H7F15/c1-3(2)4(11,12)5(13,14)6(15,16)7(17,18)8(19,20)9(21,22)10(23,24)25/h3H,1-2H3. The minimum atomic E-state index is -8.21. The number of hydrogen-bond acceptors (Lipinski definition) is 0. The molecular weight excluding hydrogens is 405 g/mol. The van der Waals surface area contributed by atoms with Crippen molar-refractivity contribution in [3.05, 3.63) is 0 Å². The Balaban J connectivity index is 6.50. The molecule has 25 heavy (non-hydrogen) atoms. The molecule has 0 atom stereocenters. The van der Waals surface area contributed by atoms with Crippen molar-refractivity contribution in [2.75, 3.05) is 0 Å². The first-order valence-electron chi connectivity index (χ1n) is 5.78. The molecule has 0 aliphatic carbocycles. The van der Waals surface area contributed by atoms with Crippen LogP contribution in [0.2, 0.25) is 0 Å². The molecule has 0 amide bonds. The van der Waals surface area contributed by atoms with E-state index in [9.17, 15) is 65.9 Å². The Hall–Kier alpha value is -1.05. The largest absolute Gasteiger partial charge is 0.460 e. The Kier molecular flexibility index (Phi) is 5.48. The van der Waals surface area contributed by atoms with Gasteiger partial charge in [0.15, 0.2) is 0 Å². The minimum absolute atomic E-state index is 0.0601. The highest BCUT2D eigenvalue weighted by Crippen LogP contribution is 2.62. The van der Waals surface area contributed by atoms with Gasteiger partial charge in [-0.25, -0.2) is 0 Å². The molecule has 0 radical (unpaired) electrons. The highest BCUT2D eigenvalue weighted by Gasteiger charge is 2.93. The van der Waals surface area contributed by atoms with Crippen LogP contribution in [-0.2, 0) is 0 Å². The molecule has 0 saturated carbocycles. The summed E-state index contributed by atoms with van der Waals surface area (Å²) in [7, 11) is 0. The van der Waals surface area contributed by atoms with Gasteiger partial charge in [-0.1, -0.05) is 13.8 Å². The summed E-state index contributed by atoms with van der Waals surface area (Å²) in [6, 6.07) is 0. The fourth-order valence-corrected chi connectivity index (χ4v) is 1.34. The van der Waals surface area contributed by atoms with Gasteiger partial charge >= 0.3 is 41.7 Å². The van der Waals surface area contributed by atoms with Gasteiger partial charge in [0, 0.05) is 5.92 Å². The van der Waals surface area contributed by atoms with Gasteiger partial charge in [0.1, 0.15) is 0 Å². The number of alkyl halides is 15. The van der Waals surface area contributed by atoms with Gasteiger partial charge in [0.25, 0.3) is 0 Å². The molecule has 0 aromatic carbocycles. The summed E-state index contributed by atoms with van der Waals surface area (Å²) in [6.45, 7) is 0.120. The fraction of sp³-hybridized carbons (Fsp3) is 1.00. The highest BCUT2D eigenvalue weighted by atomic mass is 19.4. The molecule has 0 nitrogen and oxygen atoms in total. The zero-order chi connectivity index (χ0) is 21.1. The molecule has 15 heteroatoms. The van der Waals surface area contributed by atoms with Gasteiger partial charge in [0.05, 0.1) is 0 Å². The predicted molar refractivity (Wildman–Crippen MR) is 50.6 cm³/mol. The van der Waals surface area contributed by atoms with E-state index in [2.05, 4.69) is 0 Å². The van der Waals surface area contributed by atoms with Crippen LogP contribution in [0.5, 0.6) is 0 Å². The van der Waals surface area contributed by atoms with E-state index in [1.54, 1.807) is 0 Å². The van der Waals surface area contributed by atoms with Crippen LogP contribution < -0.4 is 0 Å². The lowest BCUT2D eigenvalue weighted by Crippen LogP contribution is -2.73. The summed E-state index contributed by atoms with van der Waals surface area (Å²) in [4.78, 5) is 0. The van der Waals surface area contributed by atoms with Crippen LogP contribution in [-0.4, -0.2) is 41.7 Å². The lowest BCUT2D eigenvalue weighted by atomic mass is 9.87. The number of hydrogen-bond donors (Lipinski definition) is 0. The van der Waals surface area contributed by atoms with Crippen molar-refractivity contribution < 1.29 is 65.9 Å². The molecule has 0 aromatic heterocycles. The SMILES string of the molecule is CC(C)C(F)(F)C(F)(F)C(F)(F)C(F)(F)C(F)(F)C(F)(F)C(F)(F)F. The fourth-order valence-electron chi connectivity index (χ4n) is 1.34. The molecule has 0 unspecified atom stereocenters. The Morgan fingerprint density at radius 1 is 0.400 bits per heavy atom. The molecule has 0 spiro atoms. The molecule has 0 aliphatic heterocycles. The van der Waals surface area contributed by atoms with E-state index >= 15 is 0 Å². The Morgan fingerprint density at radius 2 is 0.640 bits per heavy atom. The predicted octanol–water partition coefficient (Wildman–Crippen LogP) is 6.02. The third-order valence-corrected chi connectivity index (χ3v) is 3.08. The van der Waals surface area contributed by atoms with Crippen LogP contribution in [0.4, 0.5) is 65.9 Å². The molecular formula is C10H7F15. The lowest BCUT2D eigenvalue weighted by Gasteiger charge is -2.42. The van der Waals surface area contributed by atoms with Crippen molar-refractivity contribution in [1.29, 1.82) is 0 Å². The topological polar surface area (TPSA) is 0 Å². The van der Waals surface area contributed by atoms with Gasteiger partial charge in [0.2, 0.25) is 0 Å². The van der Waals surface area contributed by atoms with E-state index in [0.717, 1.165) is 0 Å². The second-order valence-corrected chi connectivity index (χ2v) is 5.15. The smallest absolute Gasteiger partial charge is 0.199 e. The van der Waals surface area contributed by atoms with Gasteiger partial charge in [-0.2, -0.15) is 65.9 Å². The summed E-state index contributed by atoms with van der Waals surface area (Å²) < 4.78 is 190. The molecule has 0 rings (SSSR count). The van der Waals surface area contributed by atoms with E-state index in [4.69, 9.17) is 0 Å². The molecule has 0 heterocycles. The lowest BCUT2D eigenvalue weighted by molar-refractivity contribution is -0.454. The molecule has 0 fully saturated rings. The Labute approximate surface area is 129 Å². The summed E-state index contributed by atoms with van der Waals surface area (Å²) in [5, 5.41) is 0. The summed E-state index contributed by atoms with van der Waals surface area (Å²) in [5.41, 5.74) is 0. The van der Waals surface area contributed by atoms with E-state index in [-0.39, 0.29) is 13.8 Å². The van der Waals surface area contributed by atoms with E-state index in [0.29, 0.717) is 0 Å². The maximum absolute atomic E-state index is 13.1. The summed E-state index contributed by atoms with van der Waals surface area (Å²) in [5.74, 6) is -48.8. The van der Waals surface area contributed by atoms with Crippen molar-refractivity contribution in [2.24, 2.45) is 5.92 Å². The molecule has 0 N–H and O–H groups in total. The van der Waals surface area contributed by atoms with Crippen LogP contribution in [0.15, 0.2) is 0 Å². The van der Waals surface area contributed by atoms with Gasteiger partial charge in [-0.05, 0) is 0 Å². The van der Waals surface area contributed by atoms with Crippen LogP contribution in [0.25, 0.3) is 0 Å². The van der Waals surface area contributed by atoms with Crippen LogP contribution in [0.1, 0.15) is 13.8 Å². The number of rotatable bonds is 6. The molecule has 0 saturated heterocycles. The Morgan fingerprint density at radius 3 is 0.880 bits per heavy atom. The van der Waals surface area contributed by atoms with Gasteiger partial charge < -0.3 is 0 Å². The first-order chi connectivity index (χ1) is 10.4. The summed E-state index contributed by atoms with van der Waals surface area (Å²) in [6.07, 6.45) is -7.58. The van der Waals surface area contributed by atoms with Crippen LogP contribution in [0.3, 0.4) is 0 Å². The van der Waals surface area contributed by atoms with E-state index < -0.39 is 47.6 Å². The van der Waals surface area contributed by atoms with Crippen LogP contribution in [0, 0.1) is 5.92 Å². The van der Waals surface area contributed by atoms with E-state index in [1.165, 1.54) is 0 Å². The van der Waals surface area contributed by atoms with Crippen molar-refractivity contribution >= 4 is 0 Å². The quantitative estimate of drug-likeness (QED) is 0.469. The third kappa shape index (κ3) is 2.90. The molecule has 0 aliphatic rings. The highest BCUT2D eigenvalue weighted by molar-refractivity contribution is 5.13. The average Bonchev–Trinajstić information content (AvgIpc) is 2.35. The van der Waals surface area contributed by atoms with Crippen LogP contribution >= 0.6 is 0 Å². The zero-order valence-electron chi connectivity index (χ0n) is 11.7. The van der Waals surface area contributed by atoms with Crippen molar-refractivity contribution in [1.82, 2.24) is 0 Å². The van der Waals surface area contributed by atoms with Gasteiger partial charge in [-0.3, -0.25) is 0 Å². The average molecular weight is 412 g/mol. The third-order valence-electron chi connectivity index (χ3n) is 3.08. The van der Waals surface area contributed by atoms with Crippen molar-refractivity contribution in [3.63, 3.8) is 0 Å². The summed E-state index contributed by atoms with van der Waals surface area (Å²) >= 11 is 0. The van der Waals surface area contributed by atoms with Gasteiger partial charge in [-0.15, -0.1) is 0 Å². The molecule has 0 bridgehead atoms. The number of halogens is 15. The van der Waals surface area contributed by atoms with E-state index in [1.807, 2.05) is 0 Å². The monoisotopic (exact) mass is 412 g/mol. The molecule has 0 aromatic rings. The first-order valence-corrected chi connectivity index (χ1v) is 5.78. The van der Waals surface area contributed by atoms with Crippen molar-refractivity contribution in [3.8, 4) is 0 Å². The normalized spacial score (nSPS) is 16.6. The maximum atomic E-state index is 13.1. The second-order valence-electron chi connectivity index (χ2n) is 5.15. The second kappa shape index (κ2) is 5.72. The minimum Gasteiger partial charge on any atom is -0.199 e. The maximum Gasteiger partial charge on any atom is 0.460 e. The zero-order valence-corrected chi connectivity index (χ0v) is 11.7. The first kappa shape index (κ1) is 23.9. The Bertz CT molecular complexity index is 483.